The van der Waals surface area contributed by atoms with Crippen LogP contribution in [0, 0.1) is 0 Å². The quantitative estimate of drug-likeness (QED) is 0.626. The summed E-state index contributed by atoms with van der Waals surface area (Å²) in [5.74, 6) is 5.59. The Bertz CT molecular complexity index is 328. The van der Waals surface area contributed by atoms with Gasteiger partial charge in [-0.2, -0.15) is 0 Å². The van der Waals surface area contributed by atoms with E-state index in [0.717, 1.165) is 16.6 Å². The van der Waals surface area contributed by atoms with Crippen molar-refractivity contribution >= 4 is 27.3 Å². The SMILES string of the molecule is COC(C)(C)CCC(NN)c1ccc(Br)s1. The molecule has 0 aliphatic carbocycles. The molecule has 0 saturated carbocycles. The molecular formula is C11H19BrN2OS. The Morgan fingerprint density at radius 3 is 2.69 bits per heavy atom. The molecule has 0 radical (unpaired) electrons. The summed E-state index contributed by atoms with van der Waals surface area (Å²) >= 11 is 5.17. The van der Waals surface area contributed by atoms with Gasteiger partial charge in [-0.3, -0.25) is 11.3 Å². The Balaban J connectivity index is 2.56. The second-order valence-corrected chi connectivity index (χ2v) is 6.86. The van der Waals surface area contributed by atoms with Crippen LogP contribution >= 0.6 is 27.3 Å². The molecule has 0 fully saturated rings. The molecule has 0 aliphatic heterocycles. The minimum atomic E-state index is -0.0937. The highest BCUT2D eigenvalue weighted by molar-refractivity contribution is 9.11. The Morgan fingerprint density at radius 2 is 2.25 bits per heavy atom. The summed E-state index contributed by atoms with van der Waals surface area (Å²) in [5.41, 5.74) is 2.77. The van der Waals surface area contributed by atoms with Gasteiger partial charge in [-0.15, -0.1) is 11.3 Å². The highest BCUT2D eigenvalue weighted by Crippen LogP contribution is 2.31. The number of hydrogen-bond acceptors (Lipinski definition) is 4. The fourth-order valence-electron chi connectivity index (χ4n) is 1.42. The van der Waals surface area contributed by atoms with Crippen LogP contribution in [-0.2, 0) is 4.74 Å². The molecule has 92 valence electrons. The normalized spacial score (nSPS) is 14.1. The molecule has 1 atom stereocenters. The van der Waals surface area contributed by atoms with Crippen LogP contribution in [0.1, 0.15) is 37.6 Å². The minimum Gasteiger partial charge on any atom is -0.379 e. The van der Waals surface area contributed by atoms with Crippen molar-refractivity contribution in [3.8, 4) is 0 Å². The summed E-state index contributed by atoms with van der Waals surface area (Å²) in [6.07, 6.45) is 1.93. The van der Waals surface area contributed by atoms with Gasteiger partial charge in [0.2, 0.25) is 0 Å². The summed E-state index contributed by atoms with van der Waals surface area (Å²) in [4.78, 5) is 1.25. The topological polar surface area (TPSA) is 47.3 Å². The zero-order valence-electron chi connectivity index (χ0n) is 9.92. The van der Waals surface area contributed by atoms with Crippen molar-refractivity contribution in [1.82, 2.24) is 5.43 Å². The first-order valence-electron chi connectivity index (χ1n) is 5.25. The van der Waals surface area contributed by atoms with Gasteiger partial charge in [-0.05, 0) is 54.8 Å². The number of methoxy groups -OCH3 is 1. The lowest BCUT2D eigenvalue weighted by molar-refractivity contribution is 0.0117. The van der Waals surface area contributed by atoms with Crippen LogP contribution in [0.15, 0.2) is 15.9 Å². The predicted octanol–water partition coefficient (Wildman–Crippen LogP) is 3.22. The van der Waals surface area contributed by atoms with Gasteiger partial charge in [0.15, 0.2) is 0 Å². The minimum absolute atomic E-state index is 0.0937. The molecule has 1 aromatic heterocycles. The first-order valence-corrected chi connectivity index (χ1v) is 6.86. The summed E-state index contributed by atoms with van der Waals surface area (Å²) in [6.45, 7) is 4.18. The smallest absolute Gasteiger partial charge is 0.0702 e. The molecular weight excluding hydrogens is 288 g/mol. The molecule has 0 aliphatic rings. The molecule has 0 aromatic carbocycles. The first kappa shape index (κ1) is 14.1. The number of nitrogens with one attached hydrogen (secondary N) is 1. The zero-order chi connectivity index (χ0) is 12.2. The van der Waals surface area contributed by atoms with Gasteiger partial charge >= 0.3 is 0 Å². The van der Waals surface area contributed by atoms with Gasteiger partial charge in [0.1, 0.15) is 0 Å². The predicted molar refractivity (Wildman–Crippen MR) is 72.4 cm³/mol. The summed E-state index contributed by atoms with van der Waals surface area (Å²) < 4.78 is 6.53. The summed E-state index contributed by atoms with van der Waals surface area (Å²) in [6, 6.07) is 4.34. The van der Waals surface area contributed by atoms with Gasteiger partial charge in [-0.25, -0.2) is 0 Å². The van der Waals surface area contributed by atoms with E-state index >= 15 is 0 Å². The second-order valence-electron chi connectivity index (χ2n) is 4.36. The van der Waals surface area contributed by atoms with Crippen molar-refractivity contribution in [1.29, 1.82) is 0 Å². The number of halogens is 1. The first-order chi connectivity index (χ1) is 7.48. The molecule has 5 heteroatoms. The van der Waals surface area contributed by atoms with Gasteiger partial charge in [-0.1, -0.05) is 0 Å². The zero-order valence-corrected chi connectivity index (χ0v) is 12.3. The Kier molecular flexibility index (Phi) is 5.40. The molecule has 1 heterocycles. The number of nitrogens with two attached hydrogens (primary N) is 1. The van der Waals surface area contributed by atoms with Crippen molar-refractivity contribution in [2.24, 2.45) is 5.84 Å². The molecule has 1 rings (SSSR count). The summed E-state index contributed by atoms with van der Waals surface area (Å²) in [5, 5.41) is 0. The lowest BCUT2D eigenvalue weighted by Crippen LogP contribution is -2.30. The number of rotatable bonds is 6. The second kappa shape index (κ2) is 6.12. The number of hydrazine groups is 1. The van der Waals surface area contributed by atoms with E-state index in [-0.39, 0.29) is 11.6 Å². The molecule has 16 heavy (non-hydrogen) atoms. The summed E-state index contributed by atoms with van der Waals surface area (Å²) in [7, 11) is 1.74. The molecule has 1 aromatic rings. The molecule has 0 saturated heterocycles. The van der Waals surface area contributed by atoms with Crippen molar-refractivity contribution in [3.63, 3.8) is 0 Å². The van der Waals surface area contributed by atoms with Crippen LogP contribution in [0.25, 0.3) is 0 Å². The van der Waals surface area contributed by atoms with Gasteiger partial charge in [0.25, 0.3) is 0 Å². The van der Waals surface area contributed by atoms with E-state index in [4.69, 9.17) is 10.6 Å². The van der Waals surface area contributed by atoms with Crippen LogP contribution in [0.5, 0.6) is 0 Å². The van der Waals surface area contributed by atoms with E-state index in [0.29, 0.717) is 0 Å². The van der Waals surface area contributed by atoms with E-state index in [1.165, 1.54) is 4.88 Å². The third-order valence-electron chi connectivity index (χ3n) is 2.73. The highest BCUT2D eigenvalue weighted by Gasteiger charge is 2.20. The number of hydrogen-bond donors (Lipinski definition) is 2. The van der Waals surface area contributed by atoms with Crippen molar-refractivity contribution in [2.75, 3.05) is 7.11 Å². The highest BCUT2D eigenvalue weighted by atomic mass is 79.9. The van der Waals surface area contributed by atoms with E-state index in [1.807, 2.05) is 6.07 Å². The van der Waals surface area contributed by atoms with E-state index < -0.39 is 0 Å². The Hall–Kier alpha value is 0.0600. The average molecular weight is 307 g/mol. The van der Waals surface area contributed by atoms with Crippen LogP contribution in [0.2, 0.25) is 0 Å². The van der Waals surface area contributed by atoms with Gasteiger partial charge in [0.05, 0.1) is 15.4 Å². The van der Waals surface area contributed by atoms with Crippen LogP contribution < -0.4 is 11.3 Å². The monoisotopic (exact) mass is 306 g/mol. The molecule has 0 spiro atoms. The number of ether oxygens (including phenoxy) is 1. The third kappa shape index (κ3) is 4.14. The van der Waals surface area contributed by atoms with Crippen LogP contribution in [0.4, 0.5) is 0 Å². The van der Waals surface area contributed by atoms with E-state index in [1.54, 1.807) is 18.4 Å². The van der Waals surface area contributed by atoms with Gasteiger partial charge in [0, 0.05) is 12.0 Å². The number of thiophene rings is 1. The van der Waals surface area contributed by atoms with Crippen molar-refractivity contribution < 1.29 is 4.74 Å². The fraction of sp³-hybridized carbons (Fsp3) is 0.636. The Labute approximate surface area is 109 Å². The Morgan fingerprint density at radius 1 is 1.56 bits per heavy atom. The van der Waals surface area contributed by atoms with Gasteiger partial charge < -0.3 is 4.74 Å². The van der Waals surface area contributed by atoms with Crippen molar-refractivity contribution in [2.45, 2.75) is 38.3 Å². The maximum absolute atomic E-state index is 5.59. The lowest BCUT2D eigenvalue weighted by atomic mass is 9.98. The largest absolute Gasteiger partial charge is 0.379 e. The maximum Gasteiger partial charge on any atom is 0.0702 e. The standard InChI is InChI=1S/C11H19BrN2OS/c1-11(2,15-3)7-6-8(14-13)9-4-5-10(12)16-9/h4-5,8,14H,6-7,13H2,1-3H3. The molecule has 0 bridgehead atoms. The fourth-order valence-corrected chi connectivity index (χ4v) is 2.94. The van der Waals surface area contributed by atoms with E-state index in [9.17, 15) is 0 Å². The third-order valence-corrected chi connectivity index (χ3v) is 4.46. The van der Waals surface area contributed by atoms with Crippen LogP contribution in [-0.4, -0.2) is 12.7 Å². The van der Waals surface area contributed by atoms with Crippen LogP contribution in [0.3, 0.4) is 0 Å². The molecule has 1 unspecified atom stereocenters. The maximum atomic E-state index is 5.59. The van der Waals surface area contributed by atoms with Crippen molar-refractivity contribution in [3.05, 3.63) is 20.8 Å². The lowest BCUT2D eigenvalue weighted by Gasteiger charge is -2.25. The molecule has 0 amide bonds. The molecule has 3 N–H and O–H groups in total. The van der Waals surface area contributed by atoms with E-state index in [2.05, 4.69) is 41.3 Å². The molecule has 3 nitrogen and oxygen atoms in total. The average Bonchev–Trinajstić information content (AvgIpc) is 2.66.